The van der Waals surface area contributed by atoms with Gasteiger partial charge in [-0.1, -0.05) is 18.6 Å². The molecule has 446 valence electrons. The van der Waals surface area contributed by atoms with E-state index in [0.717, 1.165) is 0 Å². The molecule has 1 aliphatic rings. The summed E-state index contributed by atoms with van der Waals surface area (Å²) in [6.07, 6.45) is 2.57. The number of amides is 7. The van der Waals surface area contributed by atoms with Crippen molar-refractivity contribution >= 4 is 59.1 Å². The quantitative estimate of drug-likeness (QED) is 0.0166. The molecule has 0 bridgehead atoms. The molecule has 79 heavy (non-hydrogen) atoms. The molecular weight excluding hydrogens is 1030 g/mol. The second kappa shape index (κ2) is 38.1. The number of hydrogen-bond donors (Lipinski definition) is 16. The third kappa shape index (κ3) is 25.4. The number of aliphatic hydroxyl groups is 1. The molecule has 28 nitrogen and oxygen atoms in total. The molecule has 1 saturated heterocycles. The normalized spacial score (nSPS) is 16.1. The Morgan fingerprint density at radius 2 is 1.29 bits per heavy atom. The van der Waals surface area contributed by atoms with E-state index in [9.17, 15) is 53.4 Å². The van der Waals surface area contributed by atoms with Gasteiger partial charge in [0.05, 0.1) is 37.8 Å². The first-order valence-corrected chi connectivity index (χ1v) is 27.2. The van der Waals surface area contributed by atoms with Crippen LogP contribution in [0.25, 0.3) is 0 Å². The van der Waals surface area contributed by atoms with E-state index in [0.29, 0.717) is 62.9 Å². The number of ether oxygens (including phenoxy) is 1. The highest BCUT2D eigenvalue weighted by Gasteiger charge is 2.40. The highest BCUT2D eigenvalue weighted by atomic mass is 16.5. The summed E-state index contributed by atoms with van der Waals surface area (Å²) in [5, 5.41) is 36.1. The highest BCUT2D eigenvalue weighted by Crippen LogP contribution is 2.22. The van der Waals surface area contributed by atoms with Crippen molar-refractivity contribution in [1.82, 2.24) is 36.8 Å². The maximum Gasteiger partial charge on any atom is 0.306 e. The fourth-order valence-corrected chi connectivity index (χ4v) is 8.82. The summed E-state index contributed by atoms with van der Waals surface area (Å²) in [6, 6.07) is -1.76. The summed E-state index contributed by atoms with van der Waals surface area (Å²) in [5.74, 6) is -7.26. The summed E-state index contributed by atoms with van der Waals surface area (Å²) in [4.78, 5) is 128. The third-order valence-corrected chi connectivity index (χ3v) is 13.4. The minimum Gasteiger partial charge on any atom is -0.497 e. The van der Waals surface area contributed by atoms with Crippen LogP contribution >= 0.6 is 0 Å². The number of methoxy groups -OCH3 is 1. The zero-order valence-electron chi connectivity index (χ0n) is 45.7. The van der Waals surface area contributed by atoms with Gasteiger partial charge in [-0.15, -0.1) is 0 Å². The number of ketones is 1. The third-order valence-electron chi connectivity index (χ3n) is 13.4. The Morgan fingerprint density at radius 3 is 1.89 bits per heavy atom. The van der Waals surface area contributed by atoms with E-state index in [1.165, 1.54) is 12.0 Å². The van der Waals surface area contributed by atoms with Gasteiger partial charge in [-0.05, 0) is 134 Å². The first kappa shape index (κ1) is 68.5. The Hall–Kier alpha value is -6.56. The Balaban J connectivity index is 2.30. The average molecular weight is 1120 g/mol. The van der Waals surface area contributed by atoms with Crippen LogP contribution in [-0.4, -0.2) is 182 Å². The minimum atomic E-state index is -1.59. The zero-order valence-corrected chi connectivity index (χ0v) is 45.7. The van der Waals surface area contributed by atoms with Gasteiger partial charge >= 0.3 is 5.97 Å². The molecule has 1 fully saturated rings. The molecule has 1 aromatic rings. The number of nitrogens with zero attached hydrogens (tertiary/aromatic N) is 2. The number of carboxylic acid groups (broad SMARTS) is 1. The van der Waals surface area contributed by atoms with Crippen LogP contribution in [0.15, 0.2) is 29.3 Å². The number of aliphatic carboxylic acids is 1. The lowest BCUT2D eigenvalue weighted by atomic mass is 9.93. The number of benzene rings is 1. The van der Waals surface area contributed by atoms with Crippen LogP contribution in [0, 0.1) is 5.92 Å². The van der Waals surface area contributed by atoms with Gasteiger partial charge in [-0.25, -0.2) is 0 Å². The van der Waals surface area contributed by atoms with Crippen molar-refractivity contribution in [2.45, 2.75) is 158 Å². The molecule has 0 aromatic heterocycles. The van der Waals surface area contributed by atoms with E-state index in [2.05, 4.69) is 36.9 Å². The van der Waals surface area contributed by atoms with E-state index in [-0.39, 0.29) is 103 Å². The van der Waals surface area contributed by atoms with Gasteiger partial charge in [-0.2, -0.15) is 0 Å². The van der Waals surface area contributed by atoms with Gasteiger partial charge in [0, 0.05) is 32.5 Å². The van der Waals surface area contributed by atoms with Crippen molar-refractivity contribution < 1.29 is 58.1 Å². The van der Waals surface area contributed by atoms with Crippen molar-refractivity contribution in [3.63, 3.8) is 0 Å². The Morgan fingerprint density at radius 1 is 0.684 bits per heavy atom. The molecule has 1 aliphatic heterocycles. The van der Waals surface area contributed by atoms with Gasteiger partial charge in [-0.3, -0.25) is 48.1 Å². The smallest absolute Gasteiger partial charge is 0.306 e. The van der Waals surface area contributed by atoms with E-state index < -0.39 is 121 Å². The lowest BCUT2D eigenvalue weighted by Crippen LogP contribution is -2.61. The molecule has 1 heterocycles. The molecule has 0 spiro atoms. The largest absolute Gasteiger partial charge is 0.497 e. The number of aliphatic hydroxyl groups excluding tert-OH is 1. The number of hydrogen-bond acceptors (Lipinski definition) is 18. The number of likely N-dealkylation sites (tertiary alicyclic amines) is 1. The van der Waals surface area contributed by atoms with Gasteiger partial charge in [0.25, 0.3) is 0 Å². The second-order valence-electron chi connectivity index (χ2n) is 19.6. The number of guanidine groups is 1. The molecule has 2 unspecified atom stereocenters. The molecule has 1 aromatic carbocycles. The number of rotatable bonds is 41. The number of nitrogens with one attached hydrogen (secondary N) is 6. The van der Waals surface area contributed by atoms with Gasteiger partial charge in [0.2, 0.25) is 41.4 Å². The van der Waals surface area contributed by atoms with E-state index in [4.69, 9.17) is 50.6 Å². The lowest BCUT2D eigenvalue weighted by molar-refractivity contribution is -0.143. The lowest BCUT2D eigenvalue weighted by Gasteiger charge is -2.30. The van der Waals surface area contributed by atoms with Crippen LogP contribution in [0.3, 0.4) is 0 Å². The highest BCUT2D eigenvalue weighted by molar-refractivity contribution is 5.97. The van der Waals surface area contributed by atoms with Gasteiger partial charge < -0.3 is 97.6 Å². The molecule has 24 N–H and O–H groups in total. The minimum absolute atomic E-state index is 0.000779. The fourth-order valence-electron chi connectivity index (χ4n) is 8.82. The Labute approximate surface area is 462 Å². The molecule has 7 amide bonds. The number of unbranched alkanes of at least 4 members (excludes halogenated alkanes) is 2. The first-order valence-electron chi connectivity index (χ1n) is 27.2. The summed E-state index contributed by atoms with van der Waals surface area (Å²) >= 11 is 0. The molecule has 0 radical (unpaired) electrons. The number of nitrogens with two attached hydrogens (primary N) is 8. The summed E-state index contributed by atoms with van der Waals surface area (Å²) < 4.78 is 5.29. The number of aliphatic imine (C=N–C) groups is 1. The molecule has 9 atom stereocenters. The maximum absolute atomic E-state index is 14.4. The van der Waals surface area contributed by atoms with Crippen LogP contribution < -0.4 is 82.5 Å². The standard InChI is InChI=1S/C51H90N16O12/c1-79-33-19-16-31(17-20-33)28-38(46(73)63-35(12-3-5-23-53)40(68)21-18-32(50(77)78)10-8-26-60-51(58)59)65-47(74)39-15-9-27-67(39)49(76)37(14-7-25-55)62-42(70)30-61-45(72)36(13-6-24-54)64-48(75)43(41(69)29-56)66-44(71)34(57)11-2-4-22-52/h16-17,19-20,32,34-39,41,43,69H,2-15,18,21-30,52-57H2,1H3,(H,61,72)(H,62,70)(H,63,73)(H,64,75)(H,65,74)(H,66,71)(H,77,78)(H4,58,59,60)/t32?,34-,35-,36-,37+,38?,39-,41-,43-/m0/s1. The van der Waals surface area contributed by atoms with E-state index in [1.807, 2.05) is 0 Å². The predicted octanol–water partition coefficient (Wildman–Crippen LogP) is -4.74. The van der Waals surface area contributed by atoms with Crippen molar-refractivity contribution in [3.8, 4) is 5.75 Å². The van der Waals surface area contributed by atoms with E-state index >= 15 is 0 Å². The number of carbonyl (C=O) groups is 9. The predicted molar refractivity (Wildman–Crippen MR) is 295 cm³/mol. The summed E-state index contributed by atoms with van der Waals surface area (Å²) in [7, 11) is 1.49. The van der Waals surface area contributed by atoms with Crippen molar-refractivity contribution in [2.24, 2.45) is 56.8 Å². The van der Waals surface area contributed by atoms with Crippen LogP contribution in [0.5, 0.6) is 5.75 Å². The summed E-state index contributed by atoms with van der Waals surface area (Å²) in [6.45, 7) is 0.226. The molecule has 0 aliphatic carbocycles. The Kier molecular flexibility index (Phi) is 33.1. The molecule has 28 heteroatoms. The summed E-state index contributed by atoms with van der Waals surface area (Å²) in [5.41, 5.74) is 45.8. The fraction of sp³-hybridized carbons (Fsp3) is 0.686. The topological polar surface area (TPSA) is 499 Å². The van der Waals surface area contributed by atoms with Crippen molar-refractivity contribution in [1.29, 1.82) is 0 Å². The SMILES string of the molecule is COc1ccc(CC(NC(=O)[C@@H]2CCCN2C(=O)[C@@H](CCCN)NC(=O)CNC(=O)[C@H](CCCN)NC(=O)[C@@H](NC(=O)[C@@H](N)CCCCN)[C@@H](O)CN)C(=O)N[C@@H](CCCCN)C(=O)CCC(CCCN=C(N)N)C(=O)O)cc1. The molecule has 2 rings (SSSR count). The number of carbonyl (C=O) groups excluding carboxylic acids is 8. The van der Waals surface area contributed by atoms with Crippen molar-refractivity contribution in [3.05, 3.63) is 29.8 Å². The van der Waals surface area contributed by atoms with Crippen molar-refractivity contribution in [2.75, 3.05) is 59.5 Å². The van der Waals surface area contributed by atoms with Crippen LogP contribution in [-0.2, 0) is 49.6 Å². The number of Topliss-reactive ketones (excluding diaryl/α,β-unsaturated/α-hetero) is 1. The van der Waals surface area contributed by atoms with Crippen LogP contribution in [0.2, 0.25) is 0 Å². The Bertz CT molecular complexity index is 2120. The number of carboxylic acids is 1. The monoisotopic (exact) mass is 1120 g/mol. The zero-order chi connectivity index (χ0) is 58.9. The van der Waals surface area contributed by atoms with Crippen LogP contribution in [0.1, 0.15) is 108 Å². The second-order valence-corrected chi connectivity index (χ2v) is 19.6. The maximum atomic E-state index is 14.4. The van der Waals surface area contributed by atoms with Crippen LogP contribution in [0.4, 0.5) is 0 Å². The first-order chi connectivity index (χ1) is 37.7. The van der Waals surface area contributed by atoms with Gasteiger partial charge in [0.15, 0.2) is 11.7 Å². The molecule has 0 saturated carbocycles. The molecular formula is C51H90N16O12. The van der Waals surface area contributed by atoms with Gasteiger partial charge in [0.1, 0.15) is 36.0 Å². The average Bonchev–Trinajstić information content (AvgIpc) is 3.94. The van der Waals surface area contributed by atoms with E-state index in [1.54, 1.807) is 24.3 Å².